The summed E-state index contributed by atoms with van der Waals surface area (Å²) >= 11 is 0. The van der Waals surface area contributed by atoms with Crippen LogP contribution in [0.2, 0.25) is 0 Å². The van der Waals surface area contributed by atoms with Crippen molar-refractivity contribution in [1.82, 2.24) is 5.32 Å². The van der Waals surface area contributed by atoms with Crippen molar-refractivity contribution in [3.05, 3.63) is 23.4 Å². The van der Waals surface area contributed by atoms with Crippen LogP contribution in [0.25, 0.3) is 0 Å². The van der Waals surface area contributed by atoms with Gasteiger partial charge >= 0.3 is 0 Å². The highest BCUT2D eigenvalue weighted by atomic mass is 16.1. The lowest BCUT2D eigenvalue weighted by atomic mass is 10.3. The molecule has 2 heteroatoms. The summed E-state index contributed by atoms with van der Waals surface area (Å²) in [5.41, 5.74) is 2.07. The molecule has 0 saturated carbocycles. The van der Waals surface area contributed by atoms with Crippen molar-refractivity contribution in [1.29, 1.82) is 0 Å². The van der Waals surface area contributed by atoms with Crippen LogP contribution in [0, 0.1) is 0 Å². The van der Waals surface area contributed by atoms with Gasteiger partial charge in [0.15, 0.2) is 0 Å². The van der Waals surface area contributed by atoms with Gasteiger partial charge in [-0.1, -0.05) is 5.57 Å². The summed E-state index contributed by atoms with van der Waals surface area (Å²) in [6.07, 6.45) is 3.32. The maximum Gasteiger partial charge on any atom is 0.248 e. The van der Waals surface area contributed by atoms with E-state index in [9.17, 15) is 4.79 Å². The highest BCUT2D eigenvalue weighted by Gasteiger charge is 2.05. The third-order valence-corrected chi connectivity index (χ3v) is 1.20. The summed E-state index contributed by atoms with van der Waals surface area (Å²) in [4.78, 5) is 10.5. The molecule has 0 aromatic heterocycles. The van der Waals surface area contributed by atoms with E-state index in [1.54, 1.807) is 6.08 Å². The summed E-state index contributed by atoms with van der Waals surface area (Å²) < 4.78 is 0. The van der Waals surface area contributed by atoms with Gasteiger partial charge in [0.2, 0.25) is 5.91 Å². The van der Waals surface area contributed by atoms with Gasteiger partial charge in [-0.3, -0.25) is 4.79 Å². The molecule has 0 aromatic rings. The van der Waals surface area contributed by atoms with Gasteiger partial charge in [-0.25, -0.2) is 0 Å². The zero-order valence-corrected chi connectivity index (χ0v) is 5.56. The van der Waals surface area contributed by atoms with Crippen LogP contribution in [-0.4, -0.2) is 5.91 Å². The van der Waals surface area contributed by atoms with Crippen molar-refractivity contribution in [2.24, 2.45) is 0 Å². The van der Waals surface area contributed by atoms with E-state index in [0.29, 0.717) is 0 Å². The Hall–Kier alpha value is -1.05. The number of hydrogen-bond donors (Lipinski definition) is 1. The predicted molar refractivity (Wildman–Crippen MR) is 35.7 cm³/mol. The standard InChI is InChI=1S/C7H9NO/c1-5(2)6-3-4-7(9)8-6/h3-4H,1-2H3,(H,8,9). The molecule has 1 amide bonds. The topological polar surface area (TPSA) is 29.1 Å². The Morgan fingerprint density at radius 1 is 1.44 bits per heavy atom. The molecule has 0 spiro atoms. The van der Waals surface area contributed by atoms with Gasteiger partial charge < -0.3 is 5.32 Å². The predicted octanol–water partition coefficient (Wildman–Crippen LogP) is 0.966. The average Bonchev–Trinajstić information content (AvgIpc) is 2.14. The van der Waals surface area contributed by atoms with Crippen molar-refractivity contribution in [3.8, 4) is 0 Å². The van der Waals surface area contributed by atoms with E-state index in [1.165, 1.54) is 6.08 Å². The Morgan fingerprint density at radius 3 is 2.33 bits per heavy atom. The zero-order valence-electron chi connectivity index (χ0n) is 5.56. The fraction of sp³-hybridized carbons (Fsp3) is 0.286. The van der Waals surface area contributed by atoms with Crippen molar-refractivity contribution < 1.29 is 4.79 Å². The number of allylic oxidation sites excluding steroid dienone is 2. The first-order valence-electron chi connectivity index (χ1n) is 2.86. The minimum absolute atomic E-state index is 0.0220. The maximum atomic E-state index is 10.5. The Labute approximate surface area is 54.3 Å². The normalized spacial score (nSPS) is 16.2. The number of rotatable bonds is 0. The molecule has 1 N–H and O–H groups in total. The molecule has 0 bridgehead atoms. The molecule has 0 aromatic carbocycles. The van der Waals surface area contributed by atoms with Crippen molar-refractivity contribution >= 4 is 5.91 Å². The lowest BCUT2D eigenvalue weighted by molar-refractivity contribution is -0.115. The summed E-state index contributed by atoms with van der Waals surface area (Å²) in [7, 11) is 0. The molecule has 9 heavy (non-hydrogen) atoms. The molecule has 1 rings (SSSR count). The Morgan fingerprint density at radius 2 is 2.11 bits per heavy atom. The Kier molecular flexibility index (Phi) is 1.39. The largest absolute Gasteiger partial charge is 0.323 e. The van der Waals surface area contributed by atoms with Crippen LogP contribution in [0.1, 0.15) is 13.8 Å². The first kappa shape index (κ1) is 6.08. The van der Waals surface area contributed by atoms with Gasteiger partial charge in [0, 0.05) is 11.8 Å². The molecule has 0 radical (unpaired) electrons. The molecular formula is C7H9NO. The van der Waals surface area contributed by atoms with Crippen molar-refractivity contribution in [3.63, 3.8) is 0 Å². The number of nitrogens with one attached hydrogen (secondary N) is 1. The molecule has 0 aliphatic carbocycles. The van der Waals surface area contributed by atoms with E-state index in [0.717, 1.165) is 11.3 Å². The minimum Gasteiger partial charge on any atom is -0.323 e. The average molecular weight is 123 g/mol. The molecule has 48 valence electrons. The fourth-order valence-corrected chi connectivity index (χ4v) is 0.667. The second-order valence-corrected chi connectivity index (χ2v) is 2.24. The fourth-order valence-electron chi connectivity index (χ4n) is 0.667. The molecule has 0 fully saturated rings. The summed E-state index contributed by atoms with van der Waals surface area (Å²) in [5.74, 6) is -0.0220. The lowest BCUT2D eigenvalue weighted by Crippen LogP contribution is -2.13. The van der Waals surface area contributed by atoms with Crippen molar-refractivity contribution in [2.75, 3.05) is 0 Å². The van der Waals surface area contributed by atoms with Crippen LogP contribution in [0.3, 0.4) is 0 Å². The lowest BCUT2D eigenvalue weighted by Gasteiger charge is -1.96. The molecule has 0 saturated heterocycles. The number of hydrogen-bond acceptors (Lipinski definition) is 1. The Bertz CT molecular complexity index is 197. The molecule has 2 nitrogen and oxygen atoms in total. The van der Waals surface area contributed by atoms with Crippen LogP contribution >= 0.6 is 0 Å². The molecule has 1 aliphatic rings. The van der Waals surface area contributed by atoms with E-state index in [4.69, 9.17) is 0 Å². The van der Waals surface area contributed by atoms with Crippen LogP contribution in [0.4, 0.5) is 0 Å². The van der Waals surface area contributed by atoms with E-state index >= 15 is 0 Å². The summed E-state index contributed by atoms with van der Waals surface area (Å²) in [6, 6.07) is 0. The number of amides is 1. The third-order valence-electron chi connectivity index (χ3n) is 1.20. The second kappa shape index (κ2) is 2.05. The summed E-state index contributed by atoms with van der Waals surface area (Å²) in [6.45, 7) is 3.93. The highest BCUT2D eigenvalue weighted by molar-refractivity contribution is 5.93. The first-order valence-corrected chi connectivity index (χ1v) is 2.86. The smallest absolute Gasteiger partial charge is 0.248 e. The maximum absolute atomic E-state index is 10.5. The zero-order chi connectivity index (χ0) is 6.85. The van der Waals surface area contributed by atoms with Crippen LogP contribution < -0.4 is 5.32 Å². The number of carbonyl (C=O) groups is 1. The molecule has 1 aliphatic heterocycles. The van der Waals surface area contributed by atoms with Crippen molar-refractivity contribution in [2.45, 2.75) is 13.8 Å². The van der Waals surface area contributed by atoms with Crippen LogP contribution in [-0.2, 0) is 4.79 Å². The van der Waals surface area contributed by atoms with E-state index in [-0.39, 0.29) is 5.91 Å². The molecular weight excluding hydrogens is 114 g/mol. The van der Waals surface area contributed by atoms with E-state index < -0.39 is 0 Å². The second-order valence-electron chi connectivity index (χ2n) is 2.24. The number of carbonyl (C=O) groups excluding carboxylic acids is 1. The van der Waals surface area contributed by atoms with E-state index in [2.05, 4.69) is 5.32 Å². The molecule has 0 atom stereocenters. The Balaban J connectivity index is 2.83. The van der Waals surface area contributed by atoms with Gasteiger partial charge in [-0.15, -0.1) is 0 Å². The van der Waals surface area contributed by atoms with E-state index in [1.807, 2.05) is 13.8 Å². The van der Waals surface area contributed by atoms with Gasteiger partial charge in [0.1, 0.15) is 0 Å². The SMILES string of the molecule is CC(C)=C1C=CC(=O)N1. The van der Waals surface area contributed by atoms with Gasteiger partial charge in [0.25, 0.3) is 0 Å². The van der Waals surface area contributed by atoms with Gasteiger partial charge in [-0.2, -0.15) is 0 Å². The monoisotopic (exact) mass is 123 g/mol. The van der Waals surface area contributed by atoms with Gasteiger partial charge in [0.05, 0.1) is 0 Å². The highest BCUT2D eigenvalue weighted by Crippen LogP contribution is 2.05. The minimum atomic E-state index is -0.0220. The van der Waals surface area contributed by atoms with Crippen LogP contribution in [0.5, 0.6) is 0 Å². The molecule has 1 heterocycles. The van der Waals surface area contributed by atoms with Gasteiger partial charge in [-0.05, 0) is 19.9 Å². The summed E-state index contributed by atoms with van der Waals surface area (Å²) in [5, 5.41) is 2.68. The third kappa shape index (κ3) is 1.19. The first-order chi connectivity index (χ1) is 4.20. The quantitative estimate of drug-likeness (QED) is 0.511. The molecule has 0 unspecified atom stereocenters. The van der Waals surface area contributed by atoms with Crippen LogP contribution in [0.15, 0.2) is 23.4 Å².